The normalized spacial score (nSPS) is 21.9. The highest BCUT2D eigenvalue weighted by atomic mass is 35.5. The van der Waals surface area contributed by atoms with Crippen LogP contribution in [0.1, 0.15) is 43.7 Å². The number of halogens is 2. The SMILES string of the molecule is Cl.Cl.c1ccc([C@@H](C2CCCCC2)N2CCNCC2)cc1. The first-order valence-electron chi connectivity index (χ1n) is 7.95. The lowest BCUT2D eigenvalue weighted by atomic mass is 9.80. The summed E-state index contributed by atoms with van der Waals surface area (Å²) in [6.45, 7) is 4.71. The van der Waals surface area contributed by atoms with Crippen LogP contribution >= 0.6 is 24.8 Å². The molecule has 2 nitrogen and oxygen atoms in total. The van der Waals surface area contributed by atoms with E-state index in [-0.39, 0.29) is 24.8 Å². The maximum atomic E-state index is 3.48. The molecule has 0 spiro atoms. The summed E-state index contributed by atoms with van der Waals surface area (Å²) in [6.07, 6.45) is 7.15. The summed E-state index contributed by atoms with van der Waals surface area (Å²) in [7, 11) is 0. The quantitative estimate of drug-likeness (QED) is 0.899. The third kappa shape index (κ3) is 4.85. The van der Waals surface area contributed by atoms with Crippen LogP contribution in [0.4, 0.5) is 0 Å². The monoisotopic (exact) mass is 330 g/mol. The van der Waals surface area contributed by atoms with Crippen LogP contribution in [-0.4, -0.2) is 31.1 Å². The molecule has 1 aliphatic heterocycles. The van der Waals surface area contributed by atoms with Gasteiger partial charge < -0.3 is 5.32 Å². The van der Waals surface area contributed by atoms with E-state index < -0.39 is 0 Å². The number of hydrogen-bond donors (Lipinski definition) is 1. The Balaban J connectivity index is 0.00000110. The molecule has 4 heteroatoms. The minimum Gasteiger partial charge on any atom is -0.314 e. The zero-order valence-corrected chi connectivity index (χ0v) is 14.3. The fourth-order valence-electron chi connectivity index (χ4n) is 3.84. The van der Waals surface area contributed by atoms with Crippen LogP contribution in [-0.2, 0) is 0 Å². The summed E-state index contributed by atoms with van der Waals surface area (Å²) >= 11 is 0. The largest absolute Gasteiger partial charge is 0.314 e. The van der Waals surface area contributed by atoms with Crippen molar-refractivity contribution in [1.82, 2.24) is 10.2 Å². The van der Waals surface area contributed by atoms with E-state index in [9.17, 15) is 0 Å². The van der Waals surface area contributed by atoms with E-state index in [0.29, 0.717) is 6.04 Å². The molecular formula is C17H28Cl2N2. The summed E-state index contributed by atoms with van der Waals surface area (Å²) in [5.74, 6) is 0.870. The molecule has 0 bridgehead atoms. The van der Waals surface area contributed by atoms with Crippen molar-refractivity contribution in [2.75, 3.05) is 26.2 Å². The van der Waals surface area contributed by atoms with Crippen LogP contribution in [0.2, 0.25) is 0 Å². The topological polar surface area (TPSA) is 15.3 Å². The van der Waals surface area contributed by atoms with Gasteiger partial charge in [0.2, 0.25) is 0 Å². The van der Waals surface area contributed by atoms with Crippen molar-refractivity contribution in [3.63, 3.8) is 0 Å². The van der Waals surface area contributed by atoms with Gasteiger partial charge in [-0.15, -0.1) is 24.8 Å². The highest BCUT2D eigenvalue weighted by molar-refractivity contribution is 5.85. The molecule has 0 unspecified atom stereocenters. The molecule has 1 aromatic carbocycles. The number of nitrogens with one attached hydrogen (secondary N) is 1. The van der Waals surface area contributed by atoms with Gasteiger partial charge >= 0.3 is 0 Å². The first-order chi connectivity index (χ1) is 9.45. The lowest BCUT2D eigenvalue weighted by molar-refractivity contribution is 0.103. The average molecular weight is 331 g/mol. The first-order valence-corrected chi connectivity index (χ1v) is 7.95. The molecule has 2 aliphatic rings. The smallest absolute Gasteiger partial charge is 0.0377 e. The molecule has 1 heterocycles. The zero-order chi connectivity index (χ0) is 12.9. The van der Waals surface area contributed by atoms with E-state index in [0.717, 1.165) is 19.0 Å². The van der Waals surface area contributed by atoms with Gasteiger partial charge in [0, 0.05) is 32.2 Å². The Bertz CT molecular complexity index is 356. The van der Waals surface area contributed by atoms with Gasteiger partial charge in [0.15, 0.2) is 0 Å². The molecule has 1 saturated heterocycles. The lowest BCUT2D eigenvalue weighted by Gasteiger charge is -2.41. The van der Waals surface area contributed by atoms with Gasteiger partial charge in [-0.1, -0.05) is 49.6 Å². The number of hydrogen-bond acceptors (Lipinski definition) is 2. The first kappa shape index (κ1) is 18.8. The van der Waals surface area contributed by atoms with Crippen molar-refractivity contribution in [3.05, 3.63) is 35.9 Å². The Kier molecular flexibility index (Phi) is 8.65. The summed E-state index contributed by atoms with van der Waals surface area (Å²) in [5, 5.41) is 3.48. The van der Waals surface area contributed by atoms with Gasteiger partial charge in [0.1, 0.15) is 0 Å². The van der Waals surface area contributed by atoms with Crippen molar-refractivity contribution < 1.29 is 0 Å². The second kappa shape index (κ2) is 9.68. The second-order valence-electron chi connectivity index (χ2n) is 6.04. The molecule has 1 saturated carbocycles. The van der Waals surface area contributed by atoms with E-state index in [1.54, 1.807) is 0 Å². The molecule has 0 aromatic heterocycles. The molecule has 1 atom stereocenters. The second-order valence-corrected chi connectivity index (χ2v) is 6.04. The summed E-state index contributed by atoms with van der Waals surface area (Å²) in [4.78, 5) is 2.72. The average Bonchev–Trinajstić information content (AvgIpc) is 2.51. The molecule has 1 aliphatic carbocycles. The predicted molar refractivity (Wildman–Crippen MR) is 94.7 cm³/mol. The standard InChI is InChI=1S/C17H26N2.2ClH/c1-3-7-15(8-4-1)17(16-9-5-2-6-10-16)19-13-11-18-12-14-19;;/h1,3-4,7-8,16-18H,2,5-6,9-14H2;2*1H/t17-;;/m0../s1. The van der Waals surface area contributed by atoms with Crippen molar-refractivity contribution in [2.24, 2.45) is 5.92 Å². The molecular weight excluding hydrogens is 303 g/mol. The van der Waals surface area contributed by atoms with Gasteiger partial charge in [-0.2, -0.15) is 0 Å². The van der Waals surface area contributed by atoms with Gasteiger partial charge in [-0.05, 0) is 24.3 Å². The van der Waals surface area contributed by atoms with Gasteiger partial charge in [-0.25, -0.2) is 0 Å². The van der Waals surface area contributed by atoms with Crippen LogP contribution in [0.15, 0.2) is 30.3 Å². The lowest BCUT2D eigenvalue weighted by Crippen LogP contribution is -2.47. The number of benzene rings is 1. The highest BCUT2D eigenvalue weighted by Crippen LogP contribution is 2.38. The third-order valence-corrected chi connectivity index (χ3v) is 4.78. The Morgan fingerprint density at radius 2 is 1.52 bits per heavy atom. The third-order valence-electron chi connectivity index (χ3n) is 4.78. The Labute approximate surface area is 141 Å². The summed E-state index contributed by atoms with van der Waals surface area (Å²) < 4.78 is 0. The predicted octanol–water partition coefficient (Wildman–Crippen LogP) is 4.06. The van der Waals surface area contributed by atoms with Crippen LogP contribution in [0.3, 0.4) is 0 Å². The molecule has 0 amide bonds. The van der Waals surface area contributed by atoms with Crippen LogP contribution < -0.4 is 5.32 Å². The minimum absolute atomic E-state index is 0. The van der Waals surface area contributed by atoms with Crippen LogP contribution in [0, 0.1) is 5.92 Å². The Morgan fingerprint density at radius 1 is 0.905 bits per heavy atom. The fourth-order valence-corrected chi connectivity index (χ4v) is 3.84. The number of rotatable bonds is 3. The maximum Gasteiger partial charge on any atom is 0.0377 e. The van der Waals surface area contributed by atoms with Crippen molar-refractivity contribution in [1.29, 1.82) is 0 Å². The van der Waals surface area contributed by atoms with Crippen molar-refractivity contribution >= 4 is 24.8 Å². The van der Waals surface area contributed by atoms with E-state index >= 15 is 0 Å². The van der Waals surface area contributed by atoms with Gasteiger partial charge in [0.05, 0.1) is 0 Å². The van der Waals surface area contributed by atoms with E-state index in [4.69, 9.17) is 0 Å². The molecule has 0 radical (unpaired) electrons. The number of piperazine rings is 1. The Morgan fingerprint density at radius 3 is 2.14 bits per heavy atom. The molecule has 21 heavy (non-hydrogen) atoms. The molecule has 1 N–H and O–H groups in total. The van der Waals surface area contributed by atoms with Crippen molar-refractivity contribution in [2.45, 2.75) is 38.1 Å². The zero-order valence-electron chi connectivity index (χ0n) is 12.7. The van der Waals surface area contributed by atoms with Crippen LogP contribution in [0.5, 0.6) is 0 Å². The van der Waals surface area contributed by atoms with Crippen LogP contribution in [0.25, 0.3) is 0 Å². The Hall–Kier alpha value is -0.280. The van der Waals surface area contributed by atoms with E-state index in [2.05, 4.69) is 40.5 Å². The summed E-state index contributed by atoms with van der Waals surface area (Å²) in [6, 6.07) is 11.9. The van der Waals surface area contributed by atoms with Crippen molar-refractivity contribution in [3.8, 4) is 0 Å². The van der Waals surface area contributed by atoms with Gasteiger partial charge in [0.25, 0.3) is 0 Å². The van der Waals surface area contributed by atoms with E-state index in [1.807, 2.05) is 0 Å². The van der Waals surface area contributed by atoms with E-state index in [1.165, 1.54) is 50.8 Å². The molecule has 1 aromatic rings. The number of nitrogens with zero attached hydrogens (tertiary/aromatic N) is 1. The minimum atomic E-state index is 0. The fraction of sp³-hybridized carbons (Fsp3) is 0.647. The van der Waals surface area contributed by atoms with Gasteiger partial charge in [-0.3, -0.25) is 4.90 Å². The highest BCUT2D eigenvalue weighted by Gasteiger charge is 2.30. The maximum absolute atomic E-state index is 3.48. The molecule has 120 valence electrons. The summed E-state index contributed by atoms with van der Waals surface area (Å²) in [5.41, 5.74) is 1.54. The molecule has 2 fully saturated rings. The molecule has 3 rings (SSSR count).